The monoisotopic (exact) mass is 264 g/mol. The van der Waals surface area contributed by atoms with Crippen LogP contribution >= 0.6 is 0 Å². The normalized spacial score (nSPS) is 41.0. The molecule has 5 N–H and O–H groups in total. The molecule has 6 nitrogen and oxygen atoms in total. The van der Waals surface area contributed by atoms with E-state index in [-0.39, 0.29) is 0 Å². The third kappa shape index (κ3) is 3.63. The average Bonchev–Trinajstić information content (AvgIpc) is 2.37. The fourth-order valence-corrected chi connectivity index (χ4v) is 2.14. The number of unbranched alkanes of at least 4 members (excludes halogenated alkanes) is 3. The molecular formula is C12H24O6. The highest BCUT2D eigenvalue weighted by molar-refractivity contribution is 4.99. The molecule has 0 bridgehead atoms. The standard InChI is InChI=1S/C12H24O6/c1-2-3-4-5-6-18-12-10(16)8(14)7(13)9(15)11(12)17/h7-17H,2-6H2,1H3/t7?,8-,9+,10-,11-,12?/m0/s1. The molecule has 1 aliphatic carbocycles. The van der Waals surface area contributed by atoms with Crippen molar-refractivity contribution in [3.8, 4) is 0 Å². The fourth-order valence-electron chi connectivity index (χ4n) is 2.14. The lowest BCUT2D eigenvalue weighted by Crippen LogP contribution is -2.64. The smallest absolute Gasteiger partial charge is 0.114 e. The predicted octanol–water partition coefficient (Wildman–Crippen LogP) is -1.23. The van der Waals surface area contributed by atoms with Crippen molar-refractivity contribution in [2.24, 2.45) is 0 Å². The Bertz CT molecular complexity index is 221. The van der Waals surface area contributed by atoms with Crippen LogP contribution in [0, 0.1) is 0 Å². The molecule has 0 amide bonds. The second-order valence-electron chi connectivity index (χ2n) is 4.85. The summed E-state index contributed by atoms with van der Waals surface area (Å²) in [5, 5.41) is 47.7. The molecule has 0 heterocycles. The number of ether oxygens (including phenoxy) is 1. The molecule has 1 saturated carbocycles. The van der Waals surface area contributed by atoms with Crippen LogP contribution in [0.1, 0.15) is 32.6 Å². The minimum atomic E-state index is -1.56. The van der Waals surface area contributed by atoms with Crippen molar-refractivity contribution in [3.63, 3.8) is 0 Å². The highest BCUT2D eigenvalue weighted by atomic mass is 16.5. The predicted molar refractivity (Wildman–Crippen MR) is 63.9 cm³/mol. The summed E-state index contributed by atoms with van der Waals surface area (Å²) >= 11 is 0. The highest BCUT2D eigenvalue weighted by Crippen LogP contribution is 2.24. The Morgan fingerprint density at radius 1 is 0.722 bits per heavy atom. The molecule has 0 spiro atoms. The lowest BCUT2D eigenvalue weighted by Gasteiger charge is -2.41. The fraction of sp³-hybridized carbons (Fsp3) is 1.00. The van der Waals surface area contributed by atoms with Gasteiger partial charge in [-0.15, -0.1) is 0 Å². The first-order valence-corrected chi connectivity index (χ1v) is 6.52. The molecule has 108 valence electrons. The summed E-state index contributed by atoms with van der Waals surface area (Å²) in [7, 11) is 0. The minimum absolute atomic E-state index is 0.342. The van der Waals surface area contributed by atoms with E-state index in [1.54, 1.807) is 0 Å². The van der Waals surface area contributed by atoms with Gasteiger partial charge in [-0.05, 0) is 6.42 Å². The number of hydrogen-bond donors (Lipinski definition) is 5. The lowest BCUT2D eigenvalue weighted by molar-refractivity contribution is -0.235. The summed E-state index contributed by atoms with van der Waals surface area (Å²) in [4.78, 5) is 0. The van der Waals surface area contributed by atoms with E-state index in [9.17, 15) is 25.5 Å². The summed E-state index contributed by atoms with van der Waals surface area (Å²) in [6, 6.07) is 0. The molecule has 1 aliphatic rings. The van der Waals surface area contributed by atoms with Crippen LogP contribution in [-0.4, -0.2) is 68.8 Å². The van der Waals surface area contributed by atoms with Crippen LogP contribution in [-0.2, 0) is 4.74 Å². The molecule has 0 aliphatic heterocycles. The van der Waals surface area contributed by atoms with Crippen molar-refractivity contribution >= 4 is 0 Å². The van der Waals surface area contributed by atoms with Gasteiger partial charge in [0, 0.05) is 6.61 Å². The number of aliphatic hydroxyl groups excluding tert-OH is 5. The van der Waals surface area contributed by atoms with E-state index in [0.717, 1.165) is 25.7 Å². The van der Waals surface area contributed by atoms with Gasteiger partial charge in [-0.3, -0.25) is 0 Å². The summed E-state index contributed by atoms with van der Waals surface area (Å²) in [5.74, 6) is 0. The van der Waals surface area contributed by atoms with E-state index >= 15 is 0 Å². The third-order valence-electron chi connectivity index (χ3n) is 3.38. The van der Waals surface area contributed by atoms with Crippen LogP contribution in [0.25, 0.3) is 0 Å². The summed E-state index contributed by atoms with van der Waals surface area (Å²) in [6.07, 6.45) is -4.49. The molecule has 1 fully saturated rings. The first kappa shape index (κ1) is 15.8. The Morgan fingerprint density at radius 2 is 1.22 bits per heavy atom. The van der Waals surface area contributed by atoms with Gasteiger partial charge in [0.05, 0.1) is 0 Å². The van der Waals surface area contributed by atoms with Crippen molar-refractivity contribution in [1.82, 2.24) is 0 Å². The molecule has 6 atom stereocenters. The maximum Gasteiger partial charge on any atom is 0.114 e. The molecule has 6 heteroatoms. The van der Waals surface area contributed by atoms with Crippen LogP contribution in [0.5, 0.6) is 0 Å². The number of hydrogen-bond acceptors (Lipinski definition) is 6. The molecule has 0 radical (unpaired) electrons. The van der Waals surface area contributed by atoms with E-state index in [4.69, 9.17) is 4.74 Å². The van der Waals surface area contributed by atoms with E-state index in [1.807, 2.05) is 0 Å². The SMILES string of the molecule is CCCCCCOC1[C@@H](O)[C@H](O)C(O)[C@H](O)[C@@H]1O. The Kier molecular flexibility index (Phi) is 6.48. The van der Waals surface area contributed by atoms with Gasteiger partial charge >= 0.3 is 0 Å². The van der Waals surface area contributed by atoms with E-state index < -0.39 is 36.6 Å². The van der Waals surface area contributed by atoms with Crippen LogP contribution in [0.3, 0.4) is 0 Å². The van der Waals surface area contributed by atoms with Crippen LogP contribution in [0.4, 0.5) is 0 Å². The third-order valence-corrected chi connectivity index (χ3v) is 3.38. The molecule has 0 aromatic rings. The van der Waals surface area contributed by atoms with Crippen molar-refractivity contribution < 1.29 is 30.3 Å². The van der Waals surface area contributed by atoms with Crippen LogP contribution in [0.15, 0.2) is 0 Å². The summed E-state index contributed by atoms with van der Waals surface area (Å²) in [5.41, 5.74) is 0. The van der Waals surface area contributed by atoms with E-state index in [1.165, 1.54) is 0 Å². The zero-order chi connectivity index (χ0) is 13.7. The lowest BCUT2D eigenvalue weighted by atomic mass is 9.85. The average molecular weight is 264 g/mol. The molecule has 0 aromatic carbocycles. The second kappa shape index (κ2) is 7.37. The molecule has 0 aromatic heterocycles. The van der Waals surface area contributed by atoms with Gasteiger partial charge in [0.1, 0.15) is 36.6 Å². The Morgan fingerprint density at radius 3 is 1.72 bits per heavy atom. The molecule has 2 unspecified atom stereocenters. The van der Waals surface area contributed by atoms with Crippen molar-refractivity contribution in [3.05, 3.63) is 0 Å². The second-order valence-corrected chi connectivity index (χ2v) is 4.85. The zero-order valence-electron chi connectivity index (χ0n) is 10.6. The molecular weight excluding hydrogens is 240 g/mol. The van der Waals surface area contributed by atoms with Gasteiger partial charge in [0.25, 0.3) is 0 Å². The van der Waals surface area contributed by atoms with Gasteiger partial charge in [0.15, 0.2) is 0 Å². The summed E-state index contributed by atoms with van der Waals surface area (Å²) in [6.45, 7) is 2.43. The van der Waals surface area contributed by atoms with Crippen molar-refractivity contribution in [1.29, 1.82) is 0 Å². The molecule has 0 saturated heterocycles. The first-order valence-electron chi connectivity index (χ1n) is 6.52. The Labute approximate surface area is 107 Å². The highest BCUT2D eigenvalue weighted by Gasteiger charge is 2.48. The quantitative estimate of drug-likeness (QED) is 0.384. The van der Waals surface area contributed by atoms with Gasteiger partial charge < -0.3 is 30.3 Å². The molecule has 18 heavy (non-hydrogen) atoms. The largest absolute Gasteiger partial charge is 0.387 e. The van der Waals surface area contributed by atoms with Gasteiger partial charge in [-0.2, -0.15) is 0 Å². The Hall–Kier alpha value is -0.240. The van der Waals surface area contributed by atoms with E-state index in [2.05, 4.69) is 6.92 Å². The van der Waals surface area contributed by atoms with Gasteiger partial charge in [-0.25, -0.2) is 0 Å². The van der Waals surface area contributed by atoms with Crippen molar-refractivity contribution in [2.45, 2.75) is 69.2 Å². The maximum atomic E-state index is 9.69. The van der Waals surface area contributed by atoms with Gasteiger partial charge in [0.2, 0.25) is 0 Å². The zero-order valence-corrected chi connectivity index (χ0v) is 10.6. The maximum absolute atomic E-state index is 9.69. The topological polar surface area (TPSA) is 110 Å². The first-order chi connectivity index (χ1) is 8.50. The number of rotatable bonds is 6. The van der Waals surface area contributed by atoms with Crippen LogP contribution < -0.4 is 0 Å². The summed E-state index contributed by atoms with van der Waals surface area (Å²) < 4.78 is 5.31. The van der Waals surface area contributed by atoms with E-state index in [0.29, 0.717) is 6.61 Å². The number of aliphatic hydroxyl groups is 5. The minimum Gasteiger partial charge on any atom is -0.387 e. The van der Waals surface area contributed by atoms with Gasteiger partial charge in [-0.1, -0.05) is 26.2 Å². The van der Waals surface area contributed by atoms with Crippen LogP contribution in [0.2, 0.25) is 0 Å². The Balaban J connectivity index is 2.42. The molecule has 1 rings (SSSR count). The van der Waals surface area contributed by atoms with Crippen molar-refractivity contribution in [2.75, 3.05) is 6.61 Å².